The first-order valence-corrected chi connectivity index (χ1v) is 10.6. The fourth-order valence-corrected chi connectivity index (χ4v) is 6.19. The first kappa shape index (κ1) is 19.5. The third-order valence-electron chi connectivity index (χ3n) is 6.05. The average Bonchev–Trinajstić information content (AvgIpc) is 3.34. The predicted molar refractivity (Wildman–Crippen MR) is 104 cm³/mol. The van der Waals surface area contributed by atoms with E-state index < -0.39 is 18.0 Å². The molecule has 0 saturated carbocycles. The van der Waals surface area contributed by atoms with Crippen molar-refractivity contribution < 1.29 is 19.8 Å². The molecule has 152 valence electrons. The summed E-state index contributed by atoms with van der Waals surface area (Å²) in [5.74, 6) is -1.92. The van der Waals surface area contributed by atoms with E-state index in [0.29, 0.717) is 6.04 Å². The van der Waals surface area contributed by atoms with E-state index in [4.69, 9.17) is 0 Å². The molecule has 0 aromatic carbocycles. The van der Waals surface area contributed by atoms with Gasteiger partial charge in [-0.3, -0.25) is 9.48 Å². The maximum atomic E-state index is 12.4. The number of amides is 1. The third-order valence-corrected chi connectivity index (χ3v) is 7.56. The number of hydrogen-bond donors (Lipinski definition) is 3. The number of carbonyl (C=O) groups is 2. The Bertz CT molecular complexity index is 794. The highest BCUT2D eigenvalue weighted by Gasteiger charge is 2.60. The van der Waals surface area contributed by atoms with Crippen molar-refractivity contribution in [1.82, 2.24) is 20.0 Å². The van der Waals surface area contributed by atoms with Crippen molar-refractivity contribution in [2.45, 2.75) is 56.7 Å². The lowest BCUT2D eigenvalue weighted by atomic mass is 9.79. The highest BCUT2D eigenvalue weighted by molar-refractivity contribution is 8.03. The van der Waals surface area contributed by atoms with Gasteiger partial charge in [-0.1, -0.05) is 6.92 Å². The first-order valence-electron chi connectivity index (χ1n) is 9.74. The lowest BCUT2D eigenvalue weighted by molar-refractivity contribution is -0.163. The van der Waals surface area contributed by atoms with Crippen LogP contribution >= 0.6 is 11.8 Å². The molecule has 9 heteroatoms. The van der Waals surface area contributed by atoms with Gasteiger partial charge < -0.3 is 20.4 Å². The molecule has 8 nitrogen and oxygen atoms in total. The number of hydrogen-bond acceptors (Lipinski definition) is 6. The number of nitrogens with zero attached hydrogens (tertiary/aromatic N) is 3. The SMILES string of the molecule is C[C@@H](O)[C@H]1C(=O)N2C(C(=O)O)=C(S[C@@H]3CN[C@@H](CCn4cccn4)C3)[C@H](C)[C@H]12. The van der Waals surface area contributed by atoms with Gasteiger partial charge in [0.15, 0.2) is 0 Å². The Hall–Kier alpha value is -1.84. The quantitative estimate of drug-likeness (QED) is 0.577. The summed E-state index contributed by atoms with van der Waals surface area (Å²) >= 11 is 1.59. The van der Waals surface area contributed by atoms with Crippen LogP contribution in [0.25, 0.3) is 0 Å². The van der Waals surface area contributed by atoms with E-state index in [1.165, 1.54) is 4.90 Å². The van der Waals surface area contributed by atoms with Gasteiger partial charge in [-0.15, -0.1) is 11.8 Å². The molecule has 6 atom stereocenters. The van der Waals surface area contributed by atoms with Crippen molar-refractivity contribution in [1.29, 1.82) is 0 Å². The van der Waals surface area contributed by atoms with Crippen LogP contribution < -0.4 is 5.32 Å². The van der Waals surface area contributed by atoms with Gasteiger partial charge in [0.05, 0.1) is 18.1 Å². The normalized spacial score (nSPS) is 33.2. The van der Waals surface area contributed by atoms with Crippen LogP contribution in [0.4, 0.5) is 0 Å². The maximum Gasteiger partial charge on any atom is 0.353 e. The minimum atomic E-state index is -1.06. The molecule has 4 rings (SSSR count). The van der Waals surface area contributed by atoms with Crippen molar-refractivity contribution in [3.05, 3.63) is 29.1 Å². The van der Waals surface area contributed by atoms with E-state index in [9.17, 15) is 19.8 Å². The molecule has 3 N–H and O–H groups in total. The number of aromatic nitrogens is 2. The predicted octanol–water partition coefficient (Wildman–Crippen LogP) is 0.891. The molecule has 3 aliphatic rings. The second-order valence-corrected chi connectivity index (χ2v) is 9.25. The molecule has 0 bridgehead atoms. The Morgan fingerprint density at radius 2 is 2.29 bits per heavy atom. The lowest BCUT2D eigenvalue weighted by Gasteiger charge is -2.46. The summed E-state index contributed by atoms with van der Waals surface area (Å²) in [7, 11) is 0. The topological polar surface area (TPSA) is 108 Å². The van der Waals surface area contributed by atoms with Crippen LogP contribution in [-0.2, 0) is 16.1 Å². The van der Waals surface area contributed by atoms with Gasteiger partial charge >= 0.3 is 5.97 Å². The summed E-state index contributed by atoms with van der Waals surface area (Å²) in [6.07, 6.45) is 4.87. The van der Waals surface area contributed by atoms with Crippen LogP contribution in [0.3, 0.4) is 0 Å². The molecule has 1 aromatic rings. The number of carbonyl (C=O) groups excluding carboxylic acids is 1. The van der Waals surface area contributed by atoms with Crippen LogP contribution in [0.5, 0.6) is 0 Å². The minimum Gasteiger partial charge on any atom is -0.477 e. The zero-order valence-corrected chi connectivity index (χ0v) is 16.8. The lowest BCUT2D eigenvalue weighted by Crippen LogP contribution is -2.63. The number of carboxylic acid groups (broad SMARTS) is 1. The van der Waals surface area contributed by atoms with Crippen molar-refractivity contribution in [2.75, 3.05) is 6.54 Å². The summed E-state index contributed by atoms with van der Waals surface area (Å²) < 4.78 is 1.92. The molecule has 1 amide bonds. The number of rotatable bonds is 7. The smallest absolute Gasteiger partial charge is 0.353 e. The number of aliphatic hydroxyl groups excluding tert-OH is 1. The summed E-state index contributed by atoms with van der Waals surface area (Å²) in [6.45, 7) is 5.23. The standard InChI is InChI=1S/C19H26N4O4S/c1-10-15-14(11(2)24)18(25)23(15)16(19(26)27)17(10)28-13-8-12(20-9-13)4-7-22-6-3-5-21-22/h3,5-6,10-15,20,24H,4,7-9H2,1-2H3,(H,26,27)/t10-,11-,12+,13+,14-,15-/m1/s1. The highest BCUT2D eigenvalue weighted by atomic mass is 32.2. The molecular weight excluding hydrogens is 380 g/mol. The van der Waals surface area contributed by atoms with E-state index in [1.807, 2.05) is 23.9 Å². The van der Waals surface area contributed by atoms with E-state index in [1.54, 1.807) is 24.9 Å². The largest absolute Gasteiger partial charge is 0.477 e. The van der Waals surface area contributed by atoms with E-state index in [-0.39, 0.29) is 28.8 Å². The van der Waals surface area contributed by atoms with Gasteiger partial charge in [0.25, 0.3) is 0 Å². The van der Waals surface area contributed by atoms with Gasteiger partial charge in [0.1, 0.15) is 5.70 Å². The number of fused-ring (bicyclic) bond motifs is 1. The van der Waals surface area contributed by atoms with Gasteiger partial charge in [-0.2, -0.15) is 5.10 Å². The van der Waals surface area contributed by atoms with E-state index in [2.05, 4.69) is 10.4 Å². The van der Waals surface area contributed by atoms with Crippen LogP contribution in [0, 0.1) is 11.8 Å². The Balaban J connectivity index is 1.42. The number of aryl methyl sites for hydroxylation is 1. The van der Waals surface area contributed by atoms with Crippen molar-refractivity contribution in [3.8, 4) is 0 Å². The minimum absolute atomic E-state index is 0.0727. The van der Waals surface area contributed by atoms with Crippen molar-refractivity contribution in [2.24, 2.45) is 11.8 Å². The van der Waals surface area contributed by atoms with Crippen molar-refractivity contribution >= 4 is 23.6 Å². The second kappa shape index (κ2) is 7.53. The average molecular weight is 407 g/mol. The monoisotopic (exact) mass is 406 g/mol. The number of aliphatic carboxylic acids is 1. The first-order chi connectivity index (χ1) is 13.4. The third kappa shape index (κ3) is 3.25. The van der Waals surface area contributed by atoms with Gasteiger partial charge in [0, 0.05) is 47.6 Å². The molecule has 0 spiro atoms. The molecule has 28 heavy (non-hydrogen) atoms. The van der Waals surface area contributed by atoms with Crippen LogP contribution in [0.1, 0.15) is 26.7 Å². The molecular formula is C19H26N4O4S. The zero-order valence-electron chi connectivity index (χ0n) is 16.0. The van der Waals surface area contributed by atoms with Crippen LogP contribution in [0.15, 0.2) is 29.1 Å². The van der Waals surface area contributed by atoms with Crippen LogP contribution in [0.2, 0.25) is 0 Å². The van der Waals surface area contributed by atoms with Crippen LogP contribution in [-0.4, -0.2) is 66.8 Å². The number of β-lactam (4-membered cyclic amide) rings is 1. The second-order valence-electron chi connectivity index (χ2n) is 7.91. The van der Waals surface area contributed by atoms with Gasteiger partial charge in [0.2, 0.25) is 5.91 Å². The van der Waals surface area contributed by atoms with Gasteiger partial charge in [-0.25, -0.2) is 4.79 Å². The molecule has 0 unspecified atom stereocenters. The van der Waals surface area contributed by atoms with E-state index in [0.717, 1.165) is 30.8 Å². The molecule has 0 radical (unpaired) electrons. The summed E-state index contributed by atoms with van der Waals surface area (Å²) in [4.78, 5) is 26.5. The Labute approximate surface area is 168 Å². The summed E-state index contributed by atoms with van der Waals surface area (Å²) in [5, 5.41) is 27.7. The molecule has 4 heterocycles. The Morgan fingerprint density at radius 1 is 1.50 bits per heavy atom. The van der Waals surface area contributed by atoms with Crippen molar-refractivity contribution in [3.63, 3.8) is 0 Å². The molecule has 0 aliphatic carbocycles. The molecule has 2 fully saturated rings. The number of thioether (sulfide) groups is 1. The van der Waals surface area contributed by atoms with E-state index >= 15 is 0 Å². The molecule has 2 saturated heterocycles. The number of nitrogens with one attached hydrogen (secondary N) is 1. The Morgan fingerprint density at radius 3 is 2.93 bits per heavy atom. The Kier molecular flexibility index (Phi) is 5.24. The highest BCUT2D eigenvalue weighted by Crippen LogP contribution is 2.51. The zero-order chi connectivity index (χ0) is 20.0. The fraction of sp³-hybridized carbons (Fsp3) is 0.632. The summed E-state index contributed by atoms with van der Waals surface area (Å²) in [6, 6.07) is 2.04. The van der Waals surface area contributed by atoms with Gasteiger partial charge in [-0.05, 0) is 25.8 Å². The molecule has 3 aliphatic heterocycles. The number of aliphatic hydroxyl groups is 1. The maximum absolute atomic E-state index is 12.4. The molecule has 1 aromatic heterocycles. The number of carboxylic acids is 1. The summed E-state index contributed by atoms with van der Waals surface area (Å²) in [5.41, 5.74) is 0.115. The fourth-order valence-electron chi connectivity index (χ4n) is 4.67.